The lowest BCUT2D eigenvalue weighted by molar-refractivity contribution is 0.126. The van der Waals surface area contributed by atoms with Crippen LogP contribution in [0, 0.1) is 0 Å². The van der Waals surface area contributed by atoms with Crippen LogP contribution >= 0.6 is 15.9 Å². The molecular weight excluding hydrogens is 388 g/mol. The monoisotopic (exact) mass is 404 g/mol. The van der Waals surface area contributed by atoms with Crippen molar-refractivity contribution >= 4 is 28.1 Å². The Morgan fingerprint density at radius 1 is 1.38 bits per heavy atom. The van der Waals surface area contributed by atoms with E-state index in [1.807, 2.05) is 5.43 Å². The first-order valence-electron chi connectivity index (χ1n) is 6.85. The van der Waals surface area contributed by atoms with Gasteiger partial charge < -0.3 is 24.1 Å². The largest absolute Gasteiger partial charge is 0.493 e. The number of carbonyl (C=O) groups is 2. The van der Waals surface area contributed by atoms with E-state index in [9.17, 15) is 9.59 Å². The first kappa shape index (κ1) is 18.0. The molecule has 1 aromatic rings. The van der Waals surface area contributed by atoms with E-state index in [0.717, 1.165) is 10.6 Å². The molecule has 2 amide bonds. The lowest BCUT2D eigenvalue weighted by Gasteiger charge is -2.22. The SMILES string of the molecule is COc1cc(CC2COC(=O)N2NC(=O)O)c(Br)c(OC)c1OC. The summed E-state index contributed by atoms with van der Waals surface area (Å²) in [5, 5.41) is 9.78. The van der Waals surface area contributed by atoms with E-state index in [0.29, 0.717) is 28.1 Å². The molecule has 2 rings (SSSR count). The first-order chi connectivity index (χ1) is 11.4. The number of ether oxygens (including phenoxy) is 4. The van der Waals surface area contributed by atoms with Crippen LogP contribution in [0.1, 0.15) is 5.56 Å². The maximum Gasteiger partial charge on any atom is 0.429 e. The number of amides is 2. The Hall–Kier alpha value is -2.36. The Balaban J connectivity index is 2.35. The number of rotatable bonds is 6. The number of hydrogen-bond donors (Lipinski definition) is 2. The number of halogens is 1. The first-order valence-corrected chi connectivity index (χ1v) is 7.65. The minimum atomic E-state index is -1.34. The number of nitrogens with zero attached hydrogens (tertiary/aromatic N) is 1. The van der Waals surface area contributed by atoms with Gasteiger partial charge in [-0.2, -0.15) is 0 Å². The number of methoxy groups -OCH3 is 3. The van der Waals surface area contributed by atoms with Crippen LogP contribution in [0.3, 0.4) is 0 Å². The fourth-order valence-electron chi connectivity index (χ4n) is 2.42. The fraction of sp³-hybridized carbons (Fsp3) is 0.429. The van der Waals surface area contributed by atoms with Crippen LogP contribution in [0.25, 0.3) is 0 Å². The zero-order valence-electron chi connectivity index (χ0n) is 13.3. The summed E-state index contributed by atoms with van der Waals surface area (Å²) >= 11 is 3.45. The molecule has 1 fully saturated rings. The number of hydrazine groups is 1. The van der Waals surface area contributed by atoms with Crippen molar-refractivity contribution in [2.24, 2.45) is 0 Å². The van der Waals surface area contributed by atoms with E-state index < -0.39 is 18.2 Å². The smallest absolute Gasteiger partial charge is 0.429 e. The maximum atomic E-state index is 11.6. The van der Waals surface area contributed by atoms with Crippen molar-refractivity contribution in [3.63, 3.8) is 0 Å². The topological polar surface area (TPSA) is 107 Å². The molecule has 0 aromatic heterocycles. The normalized spacial score (nSPS) is 16.6. The molecule has 1 aromatic carbocycles. The molecule has 0 radical (unpaired) electrons. The Bertz CT molecular complexity index is 653. The molecule has 10 heteroatoms. The molecule has 0 saturated carbocycles. The highest BCUT2D eigenvalue weighted by Gasteiger charge is 2.35. The standard InChI is InChI=1S/C14H17BrN2O7/c1-21-9-5-7(10(15)12(23-3)11(9)22-2)4-8-6-24-14(20)17(8)16-13(18)19/h5,8,16H,4,6H2,1-3H3,(H,18,19). The summed E-state index contributed by atoms with van der Waals surface area (Å²) in [6.45, 7) is 0.0578. The summed E-state index contributed by atoms with van der Waals surface area (Å²) in [7, 11) is 4.48. The third kappa shape index (κ3) is 3.42. The van der Waals surface area contributed by atoms with Gasteiger partial charge in [0, 0.05) is 0 Å². The van der Waals surface area contributed by atoms with Crippen molar-refractivity contribution in [1.29, 1.82) is 0 Å². The summed E-state index contributed by atoms with van der Waals surface area (Å²) in [6.07, 6.45) is -1.78. The van der Waals surface area contributed by atoms with Crippen molar-refractivity contribution in [1.82, 2.24) is 10.4 Å². The van der Waals surface area contributed by atoms with Crippen LogP contribution in [0.5, 0.6) is 17.2 Å². The molecule has 1 aliphatic heterocycles. The van der Waals surface area contributed by atoms with E-state index in [1.54, 1.807) is 6.07 Å². The molecular formula is C14H17BrN2O7. The molecule has 0 bridgehead atoms. The molecule has 2 N–H and O–H groups in total. The molecule has 1 aliphatic rings. The summed E-state index contributed by atoms with van der Waals surface area (Å²) in [6, 6.07) is 1.22. The van der Waals surface area contributed by atoms with Gasteiger partial charge in [0.1, 0.15) is 6.61 Å². The fourth-order valence-corrected chi connectivity index (χ4v) is 3.04. The van der Waals surface area contributed by atoms with Gasteiger partial charge in [-0.3, -0.25) is 0 Å². The summed E-state index contributed by atoms with van der Waals surface area (Å²) in [5.74, 6) is 1.32. The number of carbonyl (C=O) groups excluding carboxylic acids is 1. The second-order valence-corrected chi connectivity index (χ2v) is 5.63. The Labute approximate surface area is 146 Å². The van der Waals surface area contributed by atoms with Gasteiger partial charge in [-0.1, -0.05) is 0 Å². The van der Waals surface area contributed by atoms with Crippen LogP contribution in [0.4, 0.5) is 9.59 Å². The van der Waals surface area contributed by atoms with Crippen LogP contribution < -0.4 is 19.6 Å². The highest BCUT2D eigenvalue weighted by molar-refractivity contribution is 9.10. The second kappa shape index (κ2) is 7.47. The Morgan fingerprint density at radius 3 is 2.58 bits per heavy atom. The number of carboxylic acid groups (broad SMARTS) is 1. The quantitative estimate of drug-likeness (QED) is 0.746. The lowest BCUT2D eigenvalue weighted by Crippen LogP contribution is -2.48. The molecule has 132 valence electrons. The summed E-state index contributed by atoms with van der Waals surface area (Å²) in [5.41, 5.74) is 2.77. The van der Waals surface area contributed by atoms with Crippen LogP contribution in [0.15, 0.2) is 10.5 Å². The van der Waals surface area contributed by atoms with E-state index >= 15 is 0 Å². The molecule has 0 spiro atoms. The van der Waals surface area contributed by atoms with E-state index in [-0.39, 0.29) is 6.61 Å². The lowest BCUT2D eigenvalue weighted by atomic mass is 10.0. The number of nitrogens with one attached hydrogen (secondary N) is 1. The second-order valence-electron chi connectivity index (χ2n) is 4.84. The van der Waals surface area contributed by atoms with Gasteiger partial charge in [0.05, 0.1) is 31.8 Å². The molecule has 1 saturated heterocycles. The van der Waals surface area contributed by atoms with E-state index in [2.05, 4.69) is 15.9 Å². The van der Waals surface area contributed by atoms with Crippen molar-refractivity contribution in [2.45, 2.75) is 12.5 Å². The molecule has 0 aliphatic carbocycles. The van der Waals surface area contributed by atoms with Crippen LogP contribution in [-0.2, 0) is 11.2 Å². The molecule has 9 nitrogen and oxygen atoms in total. The van der Waals surface area contributed by atoms with Gasteiger partial charge in [-0.25, -0.2) is 20.0 Å². The van der Waals surface area contributed by atoms with Crippen molar-refractivity contribution < 1.29 is 33.6 Å². The van der Waals surface area contributed by atoms with Gasteiger partial charge in [-0.15, -0.1) is 0 Å². The zero-order valence-corrected chi connectivity index (χ0v) is 14.9. The minimum Gasteiger partial charge on any atom is -0.493 e. The number of benzene rings is 1. The molecule has 1 unspecified atom stereocenters. The van der Waals surface area contributed by atoms with Gasteiger partial charge in [-0.05, 0) is 34.0 Å². The van der Waals surface area contributed by atoms with E-state index in [1.165, 1.54) is 21.3 Å². The Kier molecular flexibility index (Phi) is 5.60. The van der Waals surface area contributed by atoms with Crippen molar-refractivity contribution in [3.05, 3.63) is 16.1 Å². The van der Waals surface area contributed by atoms with Crippen LogP contribution in [0.2, 0.25) is 0 Å². The highest BCUT2D eigenvalue weighted by atomic mass is 79.9. The van der Waals surface area contributed by atoms with Gasteiger partial charge in [0.2, 0.25) is 5.75 Å². The third-order valence-electron chi connectivity index (χ3n) is 3.48. The molecule has 24 heavy (non-hydrogen) atoms. The van der Waals surface area contributed by atoms with Gasteiger partial charge in [0.25, 0.3) is 0 Å². The average molecular weight is 405 g/mol. The molecule has 1 heterocycles. The Morgan fingerprint density at radius 2 is 2.04 bits per heavy atom. The van der Waals surface area contributed by atoms with Crippen LogP contribution in [-0.4, -0.2) is 56.3 Å². The minimum absolute atomic E-state index is 0.0578. The predicted molar refractivity (Wildman–Crippen MR) is 85.6 cm³/mol. The zero-order chi connectivity index (χ0) is 17.9. The highest BCUT2D eigenvalue weighted by Crippen LogP contribution is 2.45. The van der Waals surface area contributed by atoms with Gasteiger partial charge >= 0.3 is 12.2 Å². The van der Waals surface area contributed by atoms with E-state index in [4.69, 9.17) is 24.1 Å². The van der Waals surface area contributed by atoms with Gasteiger partial charge in [0.15, 0.2) is 11.5 Å². The summed E-state index contributed by atoms with van der Waals surface area (Å²) in [4.78, 5) is 22.5. The molecule has 1 atom stereocenters. The number of hydrogen-bond acceptors (Lipinski definition) is 6. The van der Waals surface area contributed by atoms with Crippen molar-refractivity contribution in [2.75, 3.05) is 27.9 Å². The third-order valence-corrected chi connectivity index (χ3v) is 4.35. The maximum absolute atomic E-state index is 11.6. The number of cyclic esters (lactones) is 1. The predicted octanol–water partition coefficient (Wildman–Crippen LogP) is 2.02. The average Bonchev–Trinajstić information content (AvgIpc) is 2.88. The van der Waals surface area contributed by atoms with Crippen molar-refractivity contribution in [3.8, 4) is 17.2 Å². The summed E-state index contributed by atoms with van der Waals surface area (Å²) < 4.78 is 21.5.